The molecule has 0 fully saturated rings. The number of nitrogens with one attached hydrogen (secondary N) is 1. The molecule has 0 aromatic heterocycles. The Balaban J connectivity index is 2.38. The van der Waals surface area contributed by atoms with Gasteiger partial charge < -0.3 is 15.8 Å². The summed E-state index contributed by atoms with van der Waals surface area (Å²) in [5.41, 5.74) is 8.13. The first-order chi connectivity index (χ1) is 9.52. The van der Waals surface area contributed by atoms with Crippen molar-refractivity contribution in [2.75, 3.05) is 12.4 Å². The number of methoxy groups -OCH3 is 1. The van der Waals surface area contributed by atoms with E-state index in [0.717, 1.165) is 17.0 Å². The average Bonchev–Trinajstić information content (AvgIpc) is 2.38. The summed E-state index contributed by atoms with van der Waals surface area (Å²) in [6.45, 7) is 1.93. The number of benzene rings is 2. The van der Waals surface area contributed by atoms with Gasteiger partial charge in [0.05, 0.1) is 18.4 Å². The Labute approximate surface area is 122 Å². The molecule has 104 valence electrons. The van der Waals surface area contributed by atoms with Crippen LogP contribution in [-0.4, -0.2) is 12.1 Å². The lowest BCUT2D eigenvalue weighted by molar-refractivity contribution is 0.412. The van der Waals surface area contributed by atoms with Crippen LogP contribution in [0.25, 0.3) is 0 Å². The minimum Gasteiger partial charge on any atom is -0.496 e. The predicted molar refractivity (Wildman–Crippen MR) is 83.3 cm³/mol. The Morgan fingerprint density at radius 1 is 1.30 bits per heavy atom. The smallest absolute Gasteiger partial charge is 0.135 e. The summed E-state index contributed by atoms with van der Waals surface area (Å²) in [5, 5.41) is 3.12. The highest BCUT2D eigenvalue weighted by Gasteiger charge is 2.11. The molecule has 2 rings (SSSR count). The van der Waals surface area contributed by atoms with Crippen molar-refractivity contribution in [3.63, 3.8) is 0 Å². The molecule has 0 radical (unpaired) electrons. The Morgan fingerprint density at radius 3 is 2.65 bits per heavy atom. The Bertz CT molecular complexity index is 658. The van der Waals surface area contributed by atoms with E-state index in [0.29, 0.717) is 5.69 Å². The van der Waals surface area contributed by atoms with Crippen LogP contribution in [-0.2, 0) is 0 Å². The van der Waals surface area contributed by atoms with Crippen LogP contribution >= 0.6 is 12.2 Å². The zero-order chi connectivity index (χ0) is 14.7. The van der Waals surface area contributed by atoms with Crippen molar-refractivity contribution in [1.82, 2.24) is 0 Å². The number of hydrogen-bond acceptors (Lipinski definition) is 3. The highest BCUT2D eigenvalue weighted by molar-refractivity contribution is 7.80. The zero-order valence-electron chi connectivity index (χ0n) is 11.2. The van der Waals surface area contributed by atoms with Crippen molar-refractivity contribution in [3.05, 3.63) is 53.3 Å². The van der Waals surface area contributed by atoms with Gasteiger partial charge in [-0.25, -0.2) is 4.39 Å². The summed E-state index contributed by atoms with van der Waals surface area (Å²) in [7, 11) is 1.62. The summed E-state index contributed by atoms with van der Waals surface area (Å²) in [5.74, 6) is 0.358. The van der Waals surface area contributed by atoms with Crippen LogP contribution < -0.4 is 15.8 Å². The highest BCUT2D eigenvalue weighted by atomic mass is 32.1. The van der Waals surface area contributed by atoms with Gasteiger partial charge in [0.1, 0.15) is 16.6 Å². The fourth-order valence-corrected chi connectivity index (χ4v) is 2.20. The third kappa shape index (κ3) is 2.88. The van der Waals surface area contributed by atoms with Gasteiger partial charge in [0.2, 0.25) is 0 Å². The van der Waals surface area contributed by atoms with E-state index in [9.17, 15) is 4.39 Å². The van der Waals surface area contributed by atoms with E-state index in [2.05, 4.69) is 5.32 Å². The van der Waals surface area contributed by atoms with Crippen LogP contribution in [0.4, 0.5) is 15.8 Å². The molecule has 3 nitrogen and oxygen atoms in total. The van der Waals surface area contributed by atoms with Gasteiger partial charge in [-0.05, 0) is 42.8 Å². The van der Waals surface area contributed by atoms with E-state index >= 15 is 0 Å². The molecule has 0 aliphatic rings. The molecule has 0 saturated carbocycles. The summed E-state index contributed by atoms with van der Waals surface area (Å²) in [4.78, 5) is 0.0239. The number of aryl methyl sites for hydroxylation is 1. The third-order valence-electron chi connectivity index (χ3n) is 2.93. The summed E-state index contributed by atoms with van der Waals surface area (Å²) in [6, 6.07) is 10.3. The predicted octanol–water partition coefficient (Wildman–Crippen LogP) is 3.52. The fourth-order valence-electron chi connectivity index (χ4n) is 1.99. The van der Waals surface area contributed by atoms with Crippen molar-refractivity contribution in [2.45, 2.75) is 6.92 Å². The van der Waals surface area contributed by atoms with Crippen LogP contribution in [0, 0.1) is 12.7 Å². The summed E-state index contributed by atoms with van der Waals surface area (Å²) >= 11 is 4.90. The molecule has 0 bridgehead atoms. The molecular weight excluding hydrogens is 275 g/mol. The first-order valence-electron chi connectivity index (χ1n) is 6.03. The van der Waals surface area contributed by atoms with E-state index in [-0.39, 0.29) is 10.6 Å². The highest BCUT2D eigenvalue weighted by Crippen LogP contribution is 2.26. The molecule has 0 unspecified atom stereocenters. The van der Waals surface area contributed by atoms with E-state index in [4.69, 9.17) is 22.7 Å². The largest absolute Gasteiger partial charge is 0.496 e. The summed E-state index contributed by atoms with van der Waals surface area (Å²) < 4.78 is 19.0. The van der Waals surface area contributed by atoms with Crippen molar-refractivity contribution in [2.24, 2.45) is 5.73 Å². The zero-order valence-corrected chi connectivity index (χ0v) is 12.1. The lowest BCUT2D eigenvalue weighted by Gasteiger charge is -2.13. The molecule has 2 aromatic rings. The van der Waals surface area contributed by atoms with Crippen LogP contribution in [0.15, 0.2) is 36.4 Å². The fraction of sp³-hybridized carbons (Fsp3) is 0.133. The average molecular weight is 290 g/mol. The second-order valence-corrected chi connectivity index (χ2v) is 4.78. The van der Waals surface area contributed by atoms with E-state index in [1.807, 2.05) is 25.1 Å². The van der Waals surface area contributed by atoms with Gasteiger partial charge in [-0.3, -0.25) is 0 Å². The first-order valence-corrected chi connectivity index (χ1v) is 6.43. The topological polar surface area (TPSA) is 47.3 Å². The number of thiocarbonyl (C=S) groups is 1. The van der Waals surface area contributed by atoms with Gasteiger partial charge >= 0.3 is 0 Å². The molecular formula is C15H15FN2OS. The lowest BCUT2D eigenvalue weighted by Crippen LogP contribution is -2.14. The number of nitrogens with two attached hydrogens (primary N) is 1. The number of ether oxygens (including phenoxy) is 1. The van der Waals surface area contributed by atoms with Gasteiger partial charge in [0.25, 0.3) is 0 Å². The van der Waals surface area contributed by atoms with Gasteiger partial charge in [-0.1, -0.05) is 18.3 Å². The van der Waals surface area contributed by atoms with Crippen molar-refractivity contribution >= 4 is 28.6 Å². The SMILES string of the molecule is COc1ccc(Nc2cccc(F)c2C(N)=S)cc1C. The molecule has 3 N–H and O–H groups in total. The molecule has 0 heterocycles. The van der Waals surface area contributed by atoms with Gasteiger partial charge in [-0.2, -0.15) is 0 Å². The molecule has 0 aliphatic heterocycles. The minimum absolute atomic E-state index is 0.0239. The molecule has 0 aliphatic carbocycles. The maximum atomic E-state index is 13.8. The summed E-state index contributed by atoms with van der Waals surface area (Å²) in [6.07, 6.45) is 0. The number of anilines is 2. The molecule has 5 heteroatoms. The standard InChI is InChI=1S/C15H15FN2OS/c1-9-8-10(6-7-13(9)19-2)18-12-5-3-4-11(16)14(12)15(17)20/h3-8,18H,1-2H3,(H2,17,20). The minimum atomic E-state index is -0.437. The molecule has 0 amide bonds. The lowest BCUT2D eigenvalue weighted by atomic mass is 10.1. The molecule has 2 aromatic carbocycles. The van der Waals surface area contributed by atoms with Gasteiger partial charge in [-0.15, -0.1) is 0 Å². The van der Waals surface area contributed by atoms with Gasteiger partial charge in [0, 0.05) is 5.69 Å². The third-order valence-corrected chi connectivity index (χ3v) is 3.14. The number of rotatable bonds is 4. The Morgan fingerprint density at radius 2 is 2.05 bits per heavy atom. The van der Waals surface area contributed by atoms with Crippen LogP contribution in [0.1, 0.15) is 11.1 Å². The number of hydrogen-bond donors (Lipinski definition) is 2. The quantitative estimate of drug-likeness (QED) is 0.846. The first kappa shape index (κ1) is 14.3. The maximum absolute atomic E-state index is 13.8. The Hall–Kier alpha value is -2.14. The molecule has 0 atom stereocenters. The van der Waals surface area contributed by atoms with Crippen molar-refractivity contribution < 1.29 is 9.13 Å². The van der Waals surface area contributed by atoms with Crippen molar-refractivity contribution in [1.29, 1.82) is 0 Å². The monoisotopic (exact) mass is 290 g/mol. The molecule has 0 spiro atoms. The normalized spacial score (nSPS) is 10.2. The van der Waals surface area contributed by atoms with Crippen LogP contribution in [0.2, 0.25) is 0 Å². The van der Waals surface area contributed by atoms with E-state index in [1.165, 1.54) is 6.07 Å². The van der Waals surface area contributed by atoms with Crippen LogP contribution in [0.5, 0.6) is 5.75 Å². The van der Waals surface area contributed by atoms with Gasteiger partial charge in [0.15, 0.2) is 0 Å². The molecule has 0 saturated heterocycles. The molecule has 20 heavy (non-hydrogen) atoms. The second-order valence-electron chi connectivity index (χ2n) is 4.34. The van der Waals surface area contributed by atoms with E-state index in [1.54, 1.807) is 19.2 Å². The number of halogens is 1. The maximum Gasteiger partial charge on any atom is 0.135 e. The Kier molecular flexibility index (Phi) is 4.20. The second kappa shape index (κ2) is 5.88. The van der Waals surface area contributed by atoms with Crippen molar-refractivity contribution in [3.8, 4) is 5.75 Å². The van der Waals surface area contributed by atoms with Crippen LogP contribution in [0.3, 0.4) is 0 Å². The van der Waals surface area contributed by atoms with E-state index < -0.39 is 5.82 Å².